The molecule has 0 aliphatic carbocycles. The summed E-state index contributed by atoms with van der Waals surface area (Å²) >= 11 is -0.667. The Morgan fingerprint density at radius 3 is 0.529 bits per heavy atom. The van der Waals surface area contributed by atoms with E-state index in [0.717, 1.165) is 0 Å². The summed E-state index contributed by atoms with van der Waals surface area (Å²) in [6.45, 7) is -6.17. The molecule has 0 nitrogen and oxygen atoms in total. The third-order valence-electron chi connectivity index (χ3n) is 0. The summed E-state index contributed by atoms with van der Waals surface area (Å²) in [5.74, 6) is 0. The summed E-state index contributed by atoms with van der Waals surface area (Å²) in [6, 6.07) is 0. The van der Waals surface area contributed by atoms with Crippen LogP contribution in [0.15, 0.2) is 0 Å². The maximum Gasteiger partial charge on any atom is 4.00 e. The van der Waals surface area contributed by atoms with E-state index in [1.807, 2.05) is 0 Å². The fourth-order valence-corrected chi connectivity index (χ4v) is 0. The summed E-state index contributed by atoms with van der Waals surface area (Å²) in [7, 11) is 0. The second-order valence-corrected chi connectivity index (χ2v) is 16.0. The first-order chi connectivity index (χ1) is 6.93. The van der Waals surface area contributed by atoms with Crippen molar-refractivity contribution in [2.45, 2.75) is 34.3 Å². The third kappa shape index (κ3) is 2140. The topological polar surface area (TPSA) is 0 Å². The smallest absolute Gasteiger partial charge is 0.385 e. The molecule has 9 heteroatoms. The predicted octanol–water partition coefficient (Wildman–Crippen LogP) is 4.89. The quantitative estimate of drug-likeness (QED) is 0.220. The normalized spacial score (nSPS) is 9.53. The van der Waals surface area contributed by atoms with Crippen LogP contribution in [0.1, 0.15) is 0 Å². The molecule has 17 heavy (non-hydrogen) atoms. The van der Waals surface area contributed by atoms with E-state index < -0.39 is 13.4 Å². The van der Waals surface area contributed by atoms with Crippen LogP contribution in [-0.2, 0) is 21.1 Å². The van der Waals surface area contributed by atoms with E-state index in [4.69, 9.17) is 0 Å². The predicted molar refractivity (Wildman–Crippen MR) is 62.6 cm³/mol. The molecule has 0 spiro atoms. The minimum absolute atomic E-state index is 0. The summed E-state index contributed by atoms with van der Waals surface area (Å²) in [5.41, 5.74) is 14.0. The van der Waals surface area contributed by atoms with E-state index in [1.54, 1.807) is 0 Å². The molecule has 0 bridgehead atoms. The first-order valence-corrected chi connectivity index (χ1v) is 16.7. The first-order valence-electron chi connectivity index (χ1n) is 4.13. The molecule has 0 saturated carbocycles. The molecule has 0 fully saturated rings. The monoisotopic (exact) mass is 575 g/mol. The number of hydrogen-bond donors (Lipinski definition) is 0. The molecular weight excluding hydrogens is 555 g/mol. The maximum absolute atomic E-state index is 9.58. The maximum atomic E-state index is 9.58. The van der Waals surface area contributed by atoms with Gasteiger partial charge in [-0.25, -0.2) is 0 Å². The average molecular weight is 575 g/mol. The van der Waals surface area contributed by atoms with Crippen molar-refractivity contribution < 1.29 is 47.4 Å². The Balaban J connectivity index is -0.0000000369. The number of rotatable bonds is 0. The summed E-state index contributed by atoms with van der Waals surface area (Å²) < 4.78 is 57.5. The van der Waals surface area contributed by atoms with Gasteiger partial charge in [0.25, 0.3) is 0 Å². The van der Waals surface area contributed by atoms with Crippen LogP contribution in [0.2, 0.25) is 34.3 Å². The molecule has 0 rings (SSSR count). The molecule has 0 atom stereocenters. The Kier molecular flexibility index (Phi) is 47.5. The van der Waals surface area contributed by atoms with Crippen molar-refractivity contribution >= 4 is 29.3 Å². The van der Waals surface area contributed by atoms with Gasteiger partial charge in [0.15, 0.2) is 13.4 Å². The van der Waals surface area contributed by atoms with Gasteiger partial charge in [0.2, 0.25) is 0 Å². The average Bonchev–Trinajstić information content (AvgIpc) is 1.76. The van der Waals surface area contributed by atoms with Crippen molar-refractivity contribution in [2.75, 3.05) is 0 Å². The molecule has 0 aromatic rings. The van der Waals surface area contributed by atoms with Gasteiger partial charge < -0.3 is 26.3 Å². The molecule has 0 heterocycles. The Morgan fingerprint density at radius 2 is 0.529 bits per heavy atom. The molecule has 0 aromatic carbocycles. The standard InChI is InChI=1S/2C3H10As.2CF3.Pt/c2*1-4(2)3;2*2-1(3)4;/h2*4H,1-3H3;;;/q4*-1;+4. The van der Waals surface area contributed by atoms with Crippen molar-refractivity contribution in [1.82, 2.24) is 0 Å². The van der Waals surface area contributed by atoms with Gasteiger partial charge in [-0.15, -0.1) is 0 Å². The van der Waals surface area contributed by atoms with E-state index in [2.05, 4.69) is 34.3 Å². The SMILES string of the molecule is C[AsH-](C)C.C[AsH-](C)C.F[C-](F)F.F[C-](F)F.[Pt+4]. The molecule has 0 radical (unpaired) electrons. The van der Waals surface area contributed by atoms with Crippen molar-refractivity contribution in [3.8, 4) is 0 Å². The molecule has 0 aromatic heterocycles. The van der Waals surface area contributed by atoms with Gasteiger partial charge in [-0.05, 0) is 0 Å². The largest absolute Gasteiger partial charge is 4.00 e. The molecular formula is C8H20As2F6Pt. The van der Waals surface area contributed by atoms with Gasteiger partial charge in [0.1, 0.15) is 0 Å². The van der Waals surface area contributed by atoms with Gasteiger partial charge >= 0.3 is 84.6 Å². The van der Waals surface area contributed by atoms with E-state index in [1.165, 1.54) is 0 Å². The van der Waals surface area contributed by atoms with Crippen LogP contribution < -0.4 is 0 Å². The first kappa shape index (κ1) is 31.0. The fourth-order valence-electron chi connectivity index (χ4n) is 0. The fraction of sp³-hybridized carbons (Fsp3) is 0.750. The molecule has 0 aliphatic rings. The second-order valence-electron chi connectivity index (χ2n) is 3.43. The van der Waals surface area contributed by atoms with Crippen molar-refractivity contribution in [2.24, 2.45) is 0 Å². The van der Waals surface area contributed by atoms with Crippen molar-refractivity contribution in [1.29, 1.82) is 0 Å². The van der Waals surface area contributed by atoms with Crippen LogP contribution in [0.4, 0.5) is 26.3 Å². The zero-order valence-corrected chi connectivity index (χ0v) is 17.1. The van der Waals surface area contributed by atoms with E-state index in [-0.39, 0.29) is 50.4 Å². The Hall–Kier alpha value is 1.39. The summed E-state index contributed by atoms with van der Waals surface area (Å²) in [4.78, 5) is 0. The Labute approximate surface area is 124 Å². The molecule has 0 saturated heterocycles. The summed E-state index contributed by atoms with van der Waals surface area (Å²) in [6.07, 6.45) is 0. The Morgan fingerprint density at radius 1 is 0.529 bits per heavy atom. The van der Waals surface area contributed by atoms with Gasteiger partial charge in [-0.3, -0.25) is 0 Å². The van der Waals surface area contributed by atoms with E-state index in [9.17, 15) is 26.3 Å². The number of halogens is 6. The minimum Gasteiger partial charge on any atom is -0.385 e. The van der Waals surface area contributed by atoms with Gasteiger partial charge in [-0.2, -0.15) is 0 Å². The molecule has 114 valence electrons. The van der Waals surface area contributed by atoms with Crippen LogP contribution in [0.5, 0.6) is 0 Å². The molecule has 0 aliphatic heterocycles. The van der Waals surface area contributed by atoms with Crippen LogP contribution in [0.3, 0.4) is 0 Å². The van der Waals surface area contributed by atoms with Crippen molar-refractivity contribution in [3.05, 3.63) is 13.4 Å². The van der Waals surface area contributed by atoms with E-state index in [0.29, 0.717) is 0 Å². The van der Waals surface area contributed by atoms with Crippen LogP contribution >= 0.6 is 0 Å². The molecule has 0 amide bonds. The zero-order chi connectivity index (χ0) is 14.3. The zero-order valence-electron chi connectivity index (χ0n) is 10.6. The molecule has 0 N–H and O–H groups in total. The van der Waals surface area contributed by atoms with Crippen molar-refractivity contribution in [3.63, 3.8) is 0 Å². The number of hydrogen-bond acceptors (Lipinski definition) is 0. The van der Waals surface area contributed by atoms with Crippen LogP contribution in [0, 0.1) is 13.4 Å². The third-order valence-corrected chi connectivity index (χ3v) is 0. The molecule has 0 unspecified atom stereocenters. The second kappa shape index (κ2) is 26.1. The Bertz CT molecular complexity index is 71.0. The van der Waals surface area contributed by atoms with Crippen LogP contribution in [0.25, 0.3) is 0 Å². The van der Waals surface area contributed by atoms with Gasteiger partial charge in [0.05, 0.1) is 0 Å². The summed E-state index contributed by atoms with van der Waals surface area (Å²) in [5, 5.41) is 0. The van der Waals surface area contributed by atoms with Gasteiger partial charge in [-0.1, -0.05) is 0 Å². The minimum atomic E-state index is -3.08. The van der Waals surface area contributed by atoms with Crippen LogP contribution in [-0.4, -0.2) is 29.3 Å². The van der Waals surface area contributed by atoms with Gasteiger partial charge in [0, 0.05) is 0 Å². The van der Waals surface area contributed by atoms with E-state index >= 15 is 0 Å².